The van der Waals surface area contributed by atoms with E-state index in [9.17, 15) is 0 Å². The van der Waals surface area contributed by atoms with Crippen LogP contribution in [0.1, 0.15) is 56.3 Å². The summed E-state index contributed by atoms with van der Waals surface area (Å²) in [6.07, 6.45) is 5.89. The normalized spacial score (nSPS) is 12.0. The van der Waals surface area contributed by atoms with E-state index in [-0.39, 0.29) is 0 Å². The third-order valence-electron chi connectivity index (χ3n) is 5.26. The summed E-state index contributed by atoms with van der Waals surface area (Å²) in [5, 5.41) is 7.97. The molecule has 0 amide bonds. The number of thiophene rings is 1. The lowest BCUT2D eigenvalue weighted by atomic mass is 9.92. The lowest BCUT2D eigenvalue weighted by Crippen LogP contribution is -2.04. The predicted molar refractivity (Wildman–Crippen MR) is 125 cm³/mol. The molecule has 0 radical (unpaired) electrons. The number of nitrogens with zero attached hydrogens (tertiary/aromatic N) is 2. The number of aromatic nitrogens is 3. The number of pyridine rings is 1. The van der Waals surface area contributed by atoms with Crippen LogP contribution in [-0.4, -0.2) is 20.7 Å². The summed E-state index contributed by atoms with van der Waals surface area (Å²) in [6.45, 7) is 12.5. The highest BCUT2D eigenvalue weighted by Crippen LogP contribution is 2.39. The molecule has 0 saturated heterocycles. The summed E-state index contributed by atoms with van der Waals surface area (Å²) >= 11 is 1.74. The van der Waals surface area contributed by atoms with Crippen LogP contribution in [0.2, 0.25) is 0 Å². The van der Waals surface area contributed by atoms with Crippen molar-refractivity contribution in [2.24, 2.45) is 5.92 Å². The van der Waals surface area contributed by atoms with Gasteiger partial charge >= 0.3 is 0 Å². The fourth-order valence-corrected chi connectivity index (χ4v) is 4.86. The molecular weight excluding hydrogens is 376 g/mol. The van der Waals surface area contributed by atoms with Gasteiger partial charge in [-0.1, -0.05) is 13.8 Å². The highest BCUT2D eigenvalue weighted by Gasteiger charge is 2.20. The Bertz CT molecular complexity index is 1050. The standard InChI is InChI=1S/C24H30N4S/c1-7-18(8-2)19(13-16(5)25)24-27-17(6)22(28-24)23-15(4)12-21(29-23)20-11-14(3)9-10-26-20/h9-13,18,25H,7-8H2,1-6H3,(H,27,28)/b19-13-,25-16?. The van der Waals surface area contributed by atoms with Crippen LogP contribution < -0.4 is 0 Å². The zero-order valence-electron chi connectivity index (χ0n) is 18.2. The van der Waals surface area contributed by atoms with E-state index < -0.39 is 0 Å². The van der Waals surface area contributed by atoms with Gasteiger partial charge in [0.1, 0.15) is 11.5 Å². The number of imidazole rings is 1. The van der Waals surface area contributed by atoms with Gasteiger partial charge in [0.15, 0.2) is 0 Å². The van der Waals surface area contributed by atoms with Crippen molar-refractivity contribution in [3.63, 3.8) is 0 Å². The first-order valence-corrected chi connectivity index (χ1v) is 11.0. The van der Waals surface area contributed by atoms with Crippen LogP contribution in [0.5, 0.6) is 0 Å². The molecule has 152 valence electrons. The Hall–Kier alpha value is -2.53. The first-order valence-electron chi connectivity index (χ1n) is 10.2. The monoisotopic (exact) mass is 406 g/mol. The Morgan fingerprint density at radius 3 is 2.55 bits per heavy atom. The summed E-state index contributed by atoms with van der Waals surface area (Å²) in [4.78, 5) is 15.4. The molecule has 0 bridgehead atoms. The molecule has 4 nitrogen and oxygen atoms in total. The minimum Gasteiger partial charge on any atom is -0.342 e. The van der Waals surface area contributed by atoms with E-state index in [2.05, 4.69) is 56.7 Å². The van der Waals surface area contributed by atoms with Gasteiger partial charge < -0.3 is 10.4 Å². The van der Waals surface area contributed by atoms with E-state index in [1.54, 1.807) is 11.3 Å². The molecule has 0 spiro atoms. The Balaban J connectivity index is 2.06. The summed E-state index contributed by atoms with van der Waals surface area (Å²) in [5.41, 5.74) is 7.19. The van der Waals surface area contributed by atoms with Crippen molar-refractivity contribution in [1.29, 1.82) is 5.41 Å². The molecule has 3 aromatic rings. The third-order valence-corrected chi connectivity index (χ3v) is 6.52. The van der Waals surface area contributed by atoms with Crippen LogP contribution in [0.15, 0.2) is 30.5 Å². The highest BCUT2D eigenvalue weighted by atomic mass is 32.1. The number of H-pyrrole nitrogens is 1. The van der Waals surface area contributed by atoms with Crippen LogP contribution >= 0.6 is 11.3 Å². The predicted octanol–water partition coefficient (Wildman–Crippen LogP) is 6.98. The van der Waals surface area contributed by atoms with Gasteiger partial charge in [0.2, 0.25) is 0 Å². The second-order valence-corrected chi connectivity index (χ2v) is 8.75. The zero-order chi connectivity index (χ0) is 21.1. The zero-order valence-corrected chi connectivity index (χ0v) is 19.0. The Morgan fingerprint density at radius 2 is 1.93 bits per heavy atom. The third kappa shape index (κ3) is 4.56. The van der Waals surface area contributed by atoms with E-state index in [1.807, 2.05) is 25.3 Å². The van der Waals surface area contributed by atoms with E-state index in [0.717, 1.165) is 46.2 Å². The minimum absolute atomic E-state index is 0.394. The quantitative estimate of drug-likeness (QED) is 0.415. The van der Waals surface area contributed by atoms with Gasteiger partial charge in [0.25, 0.3) is 0 Å². The van der Waals surface area contributed by atoms with Gasteiger partial charge in [-0.05, 0) is 87.4 Å². The van der Waals surface area contributed by atoms with Crippen LogP contribution in [0.25, 0.3) is 26.7 Å². The molecule has 3 aromatic heterocycles. The molecule has 29 heavy (non-hydrogen) atoms. The SMILES string of the molecule is CCC(CC)/C(=C/C(C)=N)c1nc(-c2sc(-c3cc(C)ccn3)cc2C)c(C)[nH]1. The van der Waals surface area contributed by atoms with Gasteiger partial charge in [-0.15, -0.1) is 11.3 Å². The summed E-state index contributed by atoms with van der Waals surface area (Å²) < 4.78 is 0. The van der Waals surface area contributed by atoms with Crippen molar-refractivity contribution in [2.45, 2.75) is 54.4 Å². The fraction of sp³-hybridized carbons (Fsp3) is 0.375. The summed E-state index contributed by atoms with van der Waals surface area (Å²) in [6, 6.07) is 6.35. The topological polar surface area (TPSA) is 65.4 Å². The van der Waals surface area contributed by atoms with Crippen molar-refractivity contribution >= 4 is 22.6 Å². The van der Waals surface area contributed by atoms with Crippen molar-refractivity contribution in [2.75, 3.05) is 0 Å². The second-order valence-electron chi connectivity index (χ2n) is 7.70. The van der Waals surface area contributed by atoms with Crippen molar-refractivity contribution < 1.29 is 0 Å². The maximum absolute atomic E-state index is 7.97. The van der Waals surface area contributed by atoms with Crippen LogP contribution in [0.3, 0.4) is 0 Å². The number of hydrogen-bond donors (Lipinski definition) is 2. The van der Waals surface area contributed by atoms with Gasteiger partial charge in [-0.3, -0.25) is 4.98 Å². The first-order chi connectivity index (χ1) is 13.8. The molecule has 3 rings (SSSR count). The number of nitrogens with one attached hydrogen (secondary N) is 2. The van der Waals surface area contributed by atoms with Gasteiger partial charge in [0, 0.05) is 17.6 Å². The van der Waals surface area contributed by atoms with E-state index in [4.69, 9.17) is 10.4 Å². The molecule has 0 aliphatic heterocycles. The molecule has 0 aliphatic carbocycles. The van der Waals surface area contributed by atoms with Crippen molar-refractivity contribution in [3.8, 4) is 21.1 Å². The van der Waals surface area contributed by atoms with E-state index >= 15 is 0 Å². The van der Waals surface area contributed by atoms with E-state index in [0.29, 0.717) is 11.6 Å². The van der Waals surface area contributed by atoms with Crippen molar-refractivity contribution in [3.05, 3.63) is 53.1 Å². The van der Waals surface area contributed by atoms with Gasteiger partial charge in [-0.25, -0.2) is 4.98 Å². The summed E-state index contributed by atoms with van der Waals surface area (Å²) in [7, 11) is 0. The average Bonchev–Trinajstić information content (AvgIpc) is 3.24. The first kappa shape index (κ1) is 21.2. The Morgan fingerprint density at radius 1 is 1.21 bits per heavy atom. The number of aromatic amines is 1. The minimum atomic E-state index is 0.394. The highest BCUT2D eigenvalue weighted by molar-refractivity contribution is 7.19. The number of hydrogen-bond acceptors (Lipinski definition) is 4. The Kier molecular flexibility index (Phi) is 6.48. The Labute approximate surface area is 177 Å². The molecule has 3 heterocycles. The second kappa shape index (κ2) is 8.87. The number of aryl methyl sites for hydroxylation is 3. The van der Waals surface area contributed by atoms with E-state index in [1.165, 1.54) is 16.0 Å². The largest absolute Gasteiger partial charge is 0.342 e. The number of allylic oxidation sites excluding steroid dienone is 2. The lowest BCUT2D eigenvalue weighted by molar-refractivity contribution is 0.620. The van der Waals surface area contributed by atoms with Gasteiger partial charge in [-0.2, -0.15) is 0 Å². The molecule has 0 aliphatic rings. The molecule has 5 heteroatoms. The van der Waals surface area contributed by atoms with Crippen LogP contribution in [-0.2, 0) is 0 Å². The average molecular weight is 407 g/mol. The maximum Gasteiger partial charge on any atom is 0.134 e. The number of rotatable bonds is 7. The maximum atomic E-state index is 7.97. The smallest absolute Gasteiger partial charge is 0.134 e. The lowest BCUT2D eigenvalue weighted by Gasteiger charge is -2.15. The molecule has 0 aromatic carbocycles. The van der Waals surface area contributed by atoms with Crippen molar-refractivity contribution in [1.82, 2.24) is 15.0 Å². The van der Waals surface area contributed by atoms with Crippen LogP contribution in [0.4, 0.5) is 0 Å². The molecule has 0 atom stereocenters. The molecule has 0 saturated carbocycles. The summed E-state index contributed by atoms with van der Waals surface area (Å²) in [5.74, 6) is 1.28. The van der Waals surface area contributed by atoms with Gasteiger partial charge in [0.05, 0.1) is 15.4 Å². The van der Waals surface area contributed by atoms with Crippen LogP contribution in [0, 0.1) is 32.1 Å². The molecular formula is C24H30N4S. The molecule has 2 N–H and O–H groups in total. The molecule has 0 fully saturated rings. The molecule has 0 unspecified atom stereocenters. The fourth-order valence-electron chi connectivity index (χ4n) is 3.67.